The number of fused-ring (bicyclic) bond motifs is 1. The van der Waals surface area contributed by atoms with Crippen molar-refractivity contribution in [1.29, 1.82) is 0 Å². The highest BCUT2D eigenvalue weighted by Crippen LogP contribution is 2.44. The molecule has 194 valence electrons. The molecule has 6 nitrogen and oxygen atoms in total. The van der Waals surface area contributed by atoms with Crippen molar-refractivity contribution in [3.63, 3.8) is 0 Å². The van der Waals surface area contributed by atoms with Crippen LogP contribution in [0.3, 0.4) is 0 Å². The van der Waals surface area contributed by atoms with E-state index in [9.17, 15) is 22.4 Å². The molecule has 10 heteroatoms. The molecule has 1 saturated heterocycles. The molecule has 1 amide bonds. The number of rotatable bonds is 5. The van der Waals surface area contributed by atoms with Gasteiger partial charge in [0.1, 0.15) is 5.82 Å². The molecule has 2 aromatic carbocycles. The lowest BCUT2D eigenvalue weighted by atomic mass is 9.85. The van der Waals surface area contributed by atoms with Crippen molar-refractivity contribution >= 4 is 11.5 Å². The van der Waals surface area contributed by atoms with Crippen LogP contribution in [0, 0.1) is 19.7 Å². The van der Waals surface area contributed by atoms with Gasteiger partial charge < -0.3 is 14.2 Å². The highest BCUT2D eigenvalue weighted by atomic mass is 19.4. The first-order valence-electron chi connectivity index (χ1n) is 11.9. The van der Waals surface area contributed by atoms with Crippen molar-refractivity contribution in [3.05, 3.63) is 88.3 Å². The summed E-state index contributed by atoms with van der Waals surface area (Å²) in [4.78, 5) is 19.1. The van der Waals surface area contributed by atoms with Gasteiger partial charge in [-0.05, 0) is 62.6 Å². The predicted octanol–water partition coefficient (Wildman–Crippen LogP) is 5.77. The van der Waals surface area contributed by atoms with Gasteiger partial charge in [0, 0.05) is 30.2 Å². The molecule has 0 spiro atoms. The number of amides is 1. The average molecular weight is 516 g/mol. The van der Waals surface area contributed by atoms with Crippen molar-refractivity contribution in [1.82, 2.24) is 15.0 Å². The van der Waals surface area contributed by atoms with Crippen LogP contribution in [0.5, 0.6) is 0 Å². The Hall–Kier alpha value is -3.53. The summed E-state index contributed by atoms with van der Waals surface area (Å²) in [5, 5.41) is 3.81. The summed E-state index contributed by atoms with van der Waals surface area (Å²) >= 11 is 0. The molecule has 0 bridgehead atoms. The lowest BCUT2D eigenvalue weighted by molar-refractivity contribution is -0.137. The molecule has 1 fully saturated rings. The van der Waals surface area contributed by atoms with E-state index in [-0.39, 0.29) is 30.3 Å². The molecule has 2 aliphatic heterocycles. The second-order valence-corrected chi connectivity index (χ2v) is 9.60. The zero-order chi connectivity index (χ0) is 26.5. The highest BCUT2D eigenvalue weighted by Gasteiger charge is 2.48. The zero-order valence-corrected chi connectivity index (χ0v) is 20.4. The number of aryl methyl sites for hydroxylation is 2. The maximum Gasteiger partial charge on any atom is 0.416 e. The largest absolute Gasteiger partial charge is 0.416 e. The molecule has 3 heterocycles. The molecular weight excluding hydrogens is 490 g/mol. The number of carbonyl (C=O) groups excluding carboxylic acids is 1. The van der Waals surface area contributed by atoms with E-state index in [1.165, 1.54) is 18.2 Å². The highest BCUT2D eigenvalue weighted by molar-refractivity contribution is 5.97. The van der Waals surface area contributed by atoms with E-state index < -0.39 is 29.8 Å². The van der Waals surface area contributed by atoms with E-state index in [1.54, 1.807) is 43.9 Å². The fourth-order valence-corrected chi connectivity index (χ4v) is 5.27. The predicted molar refractivity (Wildman–Crippen MR) is 126 cm³/mol. The van der Waals surface area contributed by atoms with Gasteiger partial charge in [0.2, 0.25) is 5.91 Å². The minimum atomic E-state index is -4.48. The van der Waals surface area contributed by atoms with Crippen LogP contribution < -0.4 is 0 Å². The van der Waals surface area contributed by atoms with Crippen LogP contribution in [0.15, 0.2) is 53.1 Å². The summed E-state index contributed by atoms with van der Waals surface area (Å²) in [5.41, 5.74) is 1.48. The van der Waals surface area contributed by atoms with Gasteiger partial charge in [0.15, 0.2) is 5.82 Å². The Morgan fingerprint density at radius 1 is 1.14 bits per heavy atom. The molecule has 2 unspecified atom stereocenters. The van der Waals surface area contributed by atoms with Gasteiger partial charge in [-0.2, -0.15) is 18.2 Å². The Balaban J connectivity index is 1.47. The maximum absolute atomic E-state index is 13.7. The van der Waals surface area contributed by atoms with Gasteiger partial charge in [-0.15, -0.1) is 0 Å². The monoisotopic (exact) mass is 515 g/mol. The third-order valence-electron chi connectivity index (χ3n) is 6.93. The average Bonchev–Trinajstić information content (AvgIpc) is 3.42. The van der Waals surface area contributed by atoms with Crippen LogP contribution in [0.4, 0.5) is 17.6 Å². The molecule has 0 saturated carbocycles. The first-order chi connectivity index (χ1) is 17.5. The van der Waals surface area contributed by atoms with E-state index >= 15 is 0 Å². The number of benzene rings is 2. The van der Waals surface area contributed by atoms with Crippen molar-refractivity contribution < 1.29 is 31.6 Å². The van der Waals surface area contributed by atoms with Crippen LogP contribution in [0.25, 0.3) is 5.57 Å². The van der Waals surface area contributed by atoms with Crippen molar-refractivity contribution in [2.45, 2.75) is 57.5 Å². The second-order valence-electron chi connectivity index (χ2n) is 9.60. The summed E-state index contributed by atoms with van der Waals surface area (Å²) in [6, 6.07) is 9.50. The lowest BCUT2D eigenvalue weighted by Crippen LogP contribution is -2.39. The van der Waals surface area contributed by atoms with E-state index in [1.807, 2.05) is 0 Å². The van der Waals surface area contributed by atoms with Gasteiger partial charge in [-0.25, -0.2) is 4.39 Å². The number of halogens is 4. The molecule has 1 aromatic heterocycles. The van der Waals surface area contributed by atoms with Crippen molar-refractivity contribution in [3.8, 4) is 0 Å². The van der Waals surface area contributed by atoms with Gasteiger partial charge in [-0.3, -0.25) is 4.79 Å². The van der Waals surface area contributed by atoms with Gasteiger partial charge in [-0.1, -0.05) is 28.9 Å². The number of hydrogen-bond donors (Lipinski definition) is 0. The summed E-state index contributed by atoms with van der Waals surface area (Å²) in [6.07, 6.45) is -3.83. The fraction of sp³-hybridized carbons (Fsp3) is 0.370. The Morgan fingerprint density at radius 2 is 1.86 bits per heavy atom. The molecule has 0 aliphatic carbocycles. The van der Waals surface area contributed by atoms with Crippen LogP contribution >= 0.6 is 0 Å². The zero-order valence-electron chi connectivity index (χ0n) is 20.4. The Morgan fingerprint density at radius 3 is 2.51 bits per heavy atom. The Bertz CT molecular complexity index is 1350. The van der Waals surface area contributed by atoms with E-state index in [2.05, 4.69) is 10.1 Å². The SMILES string of the molecule is Cc1cc([C@@H](C)O[C@H]2CN3C(=O)C=C(c4nc(C)no4)CC3C2c2ccc(F)cc2)cc(C(F)(F)F)c1. The molecule has 2 aliphatic rings. The van der Waals surface area contributed by atoms with Gasteiger partial charge >= 0.3 is 6.18 Å². The van der Waals surface area contributed by atoms with Gasteiger partial charge in [0.25, 0.3) is 5.89 Å². The first kappa shape index (κ1) is 25.1. The van der Waals surface area contributed by atoms with Crippen molar-refractivity contribution in [2.24, 2.45) is 0 Å². The molecule has 4 atom stereocenters. The molecular formula is C27H25F4N3O3. The van der Waals surface area contributed by atoms with Crippen LogP contribution in [0.2, 0.25) is 0 Å². The van der Waals surface area contributed by atoms with Gasteiger partial charge in [0.05, 0.1) is 17.8 Å². The number of aromatic nitrogens is 2. The van der Waals surface area contributed by atoms with Crippen LogP contribution in [-0.2, 0) is 15.7 Å². The molecule has 0 radical (unpaired) electrons. The standard InChI is InChI=1S/C27H25F4N3O3/c1-14-8-18(10-20(9-14)27(29,30)31)15(2)36-23-13-34-22(25(23)17-4-6-21(28)7-5-17)11-19(12-24(34)35)26-32-16(3)33-37-26/h4-10,12,15,22-23,25H,11,13H2,1-3H3/t15-,22?,23+,25?/m1/s1. The number of alkyl halides is 3. The minimum Gasteiger partial charge on any atom is -0.368 e. The third-order valence-corrected chi connectivity index (χ3v) is 6.93. The maximum atomic E-state index is 13.7. The Kier molecular flexibility index (Phi) is 6.39. The van der Waals surface area contributed by atoms with E-state index in [0.29, 0.717) is 28.9 Å². The summed E-state index contributed by atoms with van der Waals surface area (Å²) in [7, 11) is 0. The molecule has 3 aromatic rings. The van der Waals surface area contributed by atoms with Crippen LogP contribution in [-0.4, -0.2) is 39.6 Å². The molecule has 0 N–H and O–H groups in total. The quantitative estimate of drug-likeness (QED) is 0.404. The first-order valence-corrected chi connectivity index (χ1v) is 11.9. The minimum absolute atomic E-state index is 0.237. The topological polar surface area (TPSA) is 68.5 Å². The van der Waals surface area contributed by atoms with E-state index in [0.717, 1.165) is 17.7 Å². The lowest BCUT2D eigenvalue weighted by Gasteiger charge is -2.31. The Labute approximate surface area is 210 Å². The summed E-state index contributed by atoms with van der Waals surface area (Å²) in [6.45, 7) is 5.22. The van der Waals surface area contributed by atoms with E-state index in [4.69, 9.17) is 9.26 Å². The van der Waals surface area contributed by atoms with Crippen LogP contribution in [0.1, 0.15) is 59.3 Å². The molecule has 5 rings (SSSR count). The molecule has 37 heavy (non-hydrogen) atoms. The summed E-state index contributed by atoms with van der Waals surface area (Å²) < 4.78 is 65.6. The fourth-order valence-electron chi connectivity index (χ4n) is 5.27. The smallest absolute Gasteiger partial charge is 0.368 e. The van der Waals surface area contributed by atoms with Crippen molar-refractivity contribution in [2.75, 3.05) is 6.54 Å². The number of hydrogen-bond acceptors (Lipinski definition) is 5. The number of ether oxygens (including phenoxy) is 1. The number of carbonyl (C=O) groups is 1. The third kappa shape index (κ3) is 5.02. The normalized spacial score (nSPS) is 22.7. The summed E-state index contributed by atoms with van der Waals surface area (Å²) in [5.74, 6) is -0.292. The second kappa shape index (κ2) is 9.41. The number of nitrogens with zero attached hydrogens (tertiary/aromatic N) is 3.